The fourth-order valence-electron chi connectivity index (χ4n) is 4.00. The van der Waals surface area contributed by atoms with Gasteiger partial charge in [-0.25, -0.2) is 9.67 Å². The third kappa shape index (κ3) is 4.58. The van der Waals surface area contributed by atoms with E-state index in [4.69, 9.17) is 4.74 Å². The maximum absolute atomic E-state index is 13.0. The van der Waals surface area contributed by atoms with Crippen LogP contribution in [0, 0.1) is 19.8 Å². The number of aryl methyl sites for hydroxylation is 2. The monoisotopic (exact) mass is 399 g/mol. The lowest BCUT2D eigenvalue weighted by atomic mass is 9.83. The van der Waals surface area contributed by atoms with Crippen LogP contribution in [-0.2, 0) is 16.1 Å². The first kappa shape index (κ1) is 20.8. The van der Waals surface area contributed by atoms with Crippen molar-refractivity contribution in [3.8, 4) is 5.75 Å². The van der Waals surface area contributed by atoms with Crippen LogP contribution in [0.2, 0.25) is 0 Å². The Bertz CT molecular complexity index is 862. The Morgan fingerprint density at radius 3 is 2.59 bits per heavy atom. The van der Waals surface area contributed by atoms with Crippen molar-refractivity contribution in [3.05, 3.63) is 41.5 Å². The topological polar surface area (TPSA) is 89.4 Å². The number of likely N-dealkylation sites (tertiary alicyclic amines) is 1. The Kier molecular flexibility index (Phi) is 6.51. The molecule has 1 N–H and O–H groups in total. The molecule has 2 atom stereocenters. The highest BCUT2D eigenvalue weighted by atomic mass is 16.5. The van der Waals surface area contributed by atoms with Crippen LogP contribution in [0.15, 0.2) is 24.3 Å². The van der Waals surface area contributed by atoms with Crippen molar-refractivity contribution in [2.75, 3.05) is 20.2 Å². The van der Waals surface area contributed by atoms with E-state index in [1.54, 1.807) is 16.7 Å². The van der Waals surface area contributed by atoms with Crippen molar-refractivity contribution in [2.45, 2.75) is 46.2 Å². The molecule has 29 heavy (non-hydrogen) atoms. The maximum atomic E-state index is 13.0. The summed E-state index contributed by atoms with van der Waals surface area (Å²) < 4.78 is 7.03. The Balaban J connectivity index is 1.73. The predicted octanol–water partition coefficient (Wildman–Crippen LogP) is 2.02. The molecule has 0 radical (unpaired) electrons. The van der Waals surface area contributed by atoms with Gasteiger partial charge in [-0.3, -0.25) is 9.59 Å². The normalized spacial score (nSPS) is 19.3. The molecule has 1 aromatic heterocycles. The van der Waals surface area contributed by atoms with Gasteiger partial charge in [0.25, 0.3) is 0 Å². The van der Waals surface area contributed by atoms with E-state index >= 15 is 0 Å². The number of nitrogens with zero attached hydrogens (tertiary/aromatic N) is 4. The quantitative estimate of drug-likeness (QED) is 0.769. The van der Waals surface area contributed by atoms with E-state index in [-0.39, 0.29) is 23.8 Å². The maximum Gasteiger partial charge on any atom is 0.225 e. The lowest BCUT2D eigenvalue weighted by Crippen LogP contribution is -2.48. The molecule has 0 unspecified atom stereocenters. The lowest BCUT2D eigenvalue weighted by Gasteiger charge is -2.40. The van der Waals surface area contributed by atoms with Crippen molar-refractivity contribution in [2.24, 2.45) is 5.92 Å². The van der Waals surface area contributed by atoms with Crippen LogP contribution in [-0.4, -0.2) is 51.7 Å². The van der Waals surface area contributed by atoms with E-state index in [2.05, 4.69) is 15.4 Å². The van der Waals surface area contributed by atoms with Gasteiger partial charge in [-0.1, -0.05) is 12.1 Å². The summed E-state index contributed by atoms with van der Waals surface area (Å²) in [5, 5.41) is 7.35. The minimum Gasteiger partial charge on any atom is -0.497 e. The summed E-state index contributed by atoms with van der Waals surface area (Å²) in [6, 6.07) is 7.33. The van der Waals surface area contributed by atoms with Crippen molar-refractivity contribution in [3.63, 3.8) is 0 Å². The summed E-state index contributed by atoms with van der Waals surface area (Å²) in [5.74, 6) is 2.06. The zero-order valence-corrected chi connectivity index (χ0v) is 17.5. The van der Waals surface area contributed by atoms with Crippen LogP contribution >= 0.6 is 0 Å². The molecule has 8 heteroatoms. The van der Waals surface area contributed by atoms with E-state index in [9.17, 15) is 9.59 Å². The zero-order valence-electron chi connectivity index (χ0n) is 17.5. The molecule has 0 spiro atoms. The van der Waals surface area contributed by atoms with Crippen LogP contribution in [0.5, 0.6) is 5.75 Å². The first-order valence-corrected chi connectivity index (χ1v) is 10.0. The Morgan fingerprint density at radius 1 is 1.28 bits per heavy atom. The summed E-state index contributed by atoms with van der Waals surface area (Å²) >= 11 is 0. The fraction of sp³-hybridized carbons (Fsp3) is 0.524. The van der Waals surface area contributed by atoms with Crippen molar-refractivity contribution < 1.29 is 14.3 Å². The standard InChI is InChI=1S/C21H29N5O3/c1-5-25-19(27)11-10-18(20(25)16-6-8-17(29-4)9-7-16)21(28)22-12-13-26-15(3)23-14(2)24-26/h6-9,18,20H,5,10-13H2,1-4H3,(H,22,28)/t18-,20+/m1/s1. The van der Waals surface area contributed by atoms with E-state index in [0.717, 1.165) is 23.0 Å². The smallest absolute Gasteiger partial charge is 0.225 e. The summed E-state index contributed by atoms with van der Waals surface area (Å²) in [5.41, 5.74) is 0.948. The van der Waals surface area contributed by atoms with E-state index in [1.165, 1.54) is 0 Å². The summed E-state index contributed by atoms with van der Waals surface area (Å²) in [7, 11) is 1.62. The van der Waals surface area contributed by atoms with Crippen molar-refractivity contribution >= 4 is 11.8 Å². The number of nitrogens with one attached hydrogen (secondary N) is 1. The first-order valence-electron chi connectivity index (χ1n) is 10.0. The molecular weight excluding hydrogens is 370 g/mol. The van der Waals surface area contributed by atoms with Gasteiger partial charge in [0.15, 0.2) is 0 Å². The van der Waals surface area contributed by atoms with Crippen molar-refractivity contribution in [1.29, 1.82) is 0 Å². The van der Waals surface area contributed by atoms with Gasteiger partial charge in [0, 0.05) is 19.5 Å². The third-order valence-electron chi connectivity index (χ3n) is 5.43. The fourth-order valence-corrected chi connectivity index (χ4v) is 4.00. The van der Waals surface area contributed by atoms with Crippen LogP contribution in [0.25, 0.3) is 0 Å². The Hall–Kier alpha value is -2.90. The highest BCUT2D eigenvalue weighted by Gasteiger charge is 2.39. The van der Waals surface area contributed by atoms with Gasteiger partial charge in [0.1, 0.15) is 17.4 Å². The zero-order chi connectivity index (χ0) is 21.0. The molecule has 2 heterocycles. The van der Waals surface area contributed by atoms with Gasteiger partial charge < -0.3 is 15.0 Å². The number of ether oxygens (including phenoxy) is 1. The second-order valence-electron chi connectivity index (χ2n) is 7.26. The number of carbonyl (C=O) groups excluding carboxylic acids is 2. The highest BCUT2D eigenvalue weighted by molar-refractivity contribution is 5.85. The van der Waals surface area contributed by atoms with Crippen LogP contribution < -0.4 is 10.1 Å². The number of methoxy groups -OCH3 is 1. The number of amides is 2. The largest absolute Gasteiger partial charge is 0.497 e. The Morgan fingerprint density at radius 2 is 2.00 bits per heavy atom. The number of hydrogen-bond acceptors (Lipinski definition) is 5. The van der Waals surface area contributed by atoms with Gasteiger partial charge in [0.05, 0.1) is 25.6 Å². The van der Waals surface area contributed by atoms with Gasteiger partial charge in [0.2, 0.25) is 11.8 Å². The molecule has 1 aliphatic rings. The highest BCUT2D eigenvalue weighted by Crippen LogP contribution is 2.37. The molecule has 0 aliphatic carbocycles. The molecule has 1 fully saturated rings. The average molecular weight is 399 g/mol. The molecule has 8 nitrogen and oxygen atoms in total. The third-order valence-corrected chi connectivity index (χ3v) is 5.43. The van der Waals surface area contributed by atoms with Gasteiger partial charge >= 0.3 is 0 Å². The van der Waals surface area contributed by atoms with Gasteiger partial charge in [-0.15, -0.1) is 0 Å². The SMILES string of the molecule is CCN1C(=O)CC[C@@H](C(=O)NCCn2nc(C)nc2C)[C@@H]1c1ccc(OC)cc1. The molecule has 0 bridgehead atoms. The van der Waals surface area contributed by atoms with E-state index < -0.39 is 0 Å². The first-order chi connectivity index (χ1) is 13.9. The lowest BCUT2D eigenvalue weighted by molar-refractivity contribution is -0.143. The number of carbonyl (C=O) groups is 2. The van der Waals surface area contributed by atoms with Crippen LogP contribution in [0.1, 0.15) is 43.0 Å². The Labute approximate surface area is 171 Å². The molecule has 0 saturated carbocycles. The number of hydrogen-bond donors (Lipinski definition) is 1. The second kappa shape index (κ2) is 9.07. The van der Waals surface area contributed by atoms with E-state index in [1.807, 2.05) is 45.0 Å². The summed E-state index contributed by atoms with van der Waals surface area (Å²) in [6.45, 7) is 7.29. The minimum absolute atomic E-state index is 0.0359. The van der Waals surface area contributed by atoms with E-state index in [0.29, 0.717) is 32.5 Å². The molecule has 1 saturated heterocycles. The van der Waals surface area contributed by atoms with Crippen molar-refractivity contribution in [1.82, 2.24) is 25.0 Å². The molecule has 3 rings (SSSR count). The number of benzene rings is 1. The summed E-state index contributed by atoms with van der Waals surface area (Å²) in [4.78, 5) is 31.6. The summed E-state index contributed by atoms with van der Waals surface area (Å²) in [6.07, 6.45) is 0.930. The van der Waals surface area contributed by atoms with Crippen LogP contribution in [0.4, 0.5) is 0 Å². The molecule has 156 valence electrons. The van der Waals surface area contributed by atoms with Crippen LogP contribution in [0.3, 0.4) is 0 Å². The number of aromatic nitrogens is 3. The number of piperidine rings is 1. The molecule has 1 aliphatic heterocycles. The molecule has 1 aromatic carbocycles. The molecular formula is C21H29N5O3. The molecule has 2 amide bonds. The average Bonchev–Trinajstić information content (AvgIpc) is 3.04. The second-order valence-corrected chi connectivity index (χ2v) is 7.26. The van der Waals surface area contributed by atoms with Gasteiger partial charge in [-0.2, -0.15) is 5.10 Å². The number of rotatable bonds is 7. The minimum atomic E-state index is -0.292. The predicted molar refractivity (Wildman–Crippen MR) is 108 cm³/mol. The van der Waals surface area contributed by atoms with Gasteiger partial charge in [-0.05, 0) is 44.9 Å². The molecule has 2 aromatic rings.